The van der Waals surface area contributed by atoms with Crippen LogP contribution in [0.5, 0.6) is 0 Å². The lowest BCUT2D eigenvalue weighted by molar-refractivity contribution is 0.790. The van der Waals surface area contributed by atoms with Crippen LogP contribution in [0.2, 0.25) is 0 Å². The zero-order valence-electron chi connectivity index (χ0n) is 7.62. The smallest absolute Gasteiger partial charge is 0.325 e. The Balaban J connectivity index is 3.28. The molecule has 2 N–H and O–H groups in total. The molecule has 0 amide bonds. The minimum absolute atomic E-state index is 0.319. The highest BCUT2D eigenvalue weighted by Crippen LogP contribution is 2.03. The molecule has 0 unspecified atom stereocenters. The zero-order chi connectivity index (χ0) is 10.5. The van der Waals surface area contributed by atoms with Crippen LogP contribution in [0.25, 0.3) is 11.2 Å². The number of H-pyrrole nitrogens is 2. The van der Waals surface area contributed by atoms with Gasteiger partial charge in [-0.05, 0) is 12.2 Å². The third kappa shape index (κ3) is 0.987. The molecular formula is C7H8N4O2S. The van der Waals surface area contributed by atoms with Gasteiger partial charge in [-0.3, -0.25) is 14.3 Å². The molecule has 0 fully saturated rings. The molecule has 7 heteroatoms. The van der Waals surface area contributed by atoms with Crippen molar-refractivity contribution in [1.29, 1.82) is 0 Å². The van der Waals surface area contributed by atoms with E-state index in [-0.39, 0.29) is 0 Å². The number of fused-ring (bicyclic) bond motifs is 1. The number of imidazole rings is 1. The monoisotopic (exact) mass is 212 g/mol. The average molecular weight is 212 g/mol. The van der Waals surface area contributed by atoms with E-state index in [1.165, 1.54) is 4.57 Å². The Bertz CT molecular complexity index is 672. The molecular weight excluding hydrogens is 204 g/mol. The maximum atomic E-state index is 11.4. The van der Waals surface area contributed by atoms with E-state index >= 15 is 0 Å². The van der Waals surface area contributed by atoms with Crippen LogP contribution in [0, 0.1) is 4.77 Å². The van der Waals surface area contributed by atoms with Crippen molar-refractivity contribution in [3.05, 3.63) is 25.6 Å². The lowest BCUT2D eigenvalue weighted by Gasteiger charge is -2.00. The number of rotatable bonds is 0. The van der Waals surface area contributed by atoms with Crippen LogP contribution in [-0.4, -0.2) is 19.1 Å². The van der Waals surface area contributed by atoms with Gasteiger partial charge in [-0.15, -0.1) is 0 Å². The first-order valence-electron chi connectivity index (χ1n) is 3.90. The number of hydrogen-bond donors (Lipinski definition) is 2. The summed E-state index contributed by atoms with van der Waals surface area (Å²) in [5, 5.41) is 0. The van der Waals surface area contributed by atoms with E-state index < -0.39 is 11.2 Å². The Kier molecular flexibility index (Phi) is 1.71. The van der Waals surface area contributed by atoms with Crippen molar-refractivity contribution in [2.24, 2.45) is 14.1 Å². The maximum Gasteiger partial charge on any atom is 0.329 e. The molecule has 2 aromatic rings. The summed E-state index contributed by atoms with van der Waals surface area (Å²) < 4.78 is 3.33. The van der Waals surface area contributed by atoms with Crippen LogP contribution < -0.4 is 11.2 Å². The number of nitrogens with zero attached hydrogens (tertiary/aromatic N) is 2. The van der Waals surface area contributed by atoms with Crippen molar-refractivity contribution in [2.75, 3.05) is 0 Å². The quantitative estimate of drug-likeness (QED) is 0.585. The van der Waals surface area contributed by atoms with Gasteiger partial charge in [0.25, 0.3) is 5.56 Å². The first kappa shape index (κ1) is 8.95. The van der Waals surface area contributed by atoms with Gasteiger partial charge in [-0.25, -0.2) is 4.79 Å². The van der Waals surface area contributed by atoms with Gasteiger partial charge in [0, 0.05) is 14.1 Å². The summed E-state index contributed by atoms with van der Waals surface area (Å²) >= 11 is 4.96. The fourth-order valence-corrected chi connectivity index (χ4v) is 1.59. The molecule has 2 aromatic heterocycles. The molecule has 0 saturated carbocycles. The SMILES string of the molecule is Cn1c(=O)[nH]c(=O)c2[nH]c(=S)n(C)c21. The van der Waals surface area contributed by atoms with Crippen molar-refractivity contribution < 1.29 is 0 Å². The summed E-state index contributed by atoms with van der Waals surface area (Å²) in [7, 11) is 3.27. The normalized spacial score (nSPS) is 11.0. The van der Waals surface area contributed by atoms with Gasteiger partial charge >= 0.3 is 5.69 Å². The van der Waals surface area contributed by atoms with Gasteiger partial charge in [0.2, 0.25) is 0 Å². The molecule has 14 heavy (non-hydrogen) atoms. The number of nitrogens with one attached hydrogen (secondary N) is 2. The Morgan fingerprint density at radius 2 is 1.79 bits per heavy atom. The Morgan fingerprint density at radius 3 is 2.43 bits per heavy atom. The third-order valence-electron chi connectivity index (χ3n) is 2.15. The summed E-state index contributed by atoms with van der Waals surface area (Å²) in [5.41, 5.74) is -0.0924. The van der Waals surface area contributed by atoms with Gasteiger partial charge < -0.3 is 9.55 Å². The molecule has 6 nitrogen and oxygen atoms in total. The average Bonchev–Trinajstić information content (AvgIpc) is 2.41. The number of aromatic nitrogens is 4. The Labute approximate surface area is 82.8 Å². The lowest BCUT2D eigenvalue weighted by Crippen LogP contribution is -2.29. The fourth-order valence-electron chi connectivity index (χ4n) is 1.40. The minimum atomic E-state index is -0.452. The van der Waals surface area contributed by atoms with E-state index in [2.05, 4.69) is 9.97 Å². The molecule has 0 aromatic carbocycles. The predicted octanol–water partition coefficient (Wildman–Crippen LogP) is -0.377. The van der Waals surface area contributed by atoms with Crippen LogP contribution in [0.4, 0.5) is 0 Å². The van der Waals surface area contributed by atoms with Crippen LogP contribution >= 0.6 is 12.2 Å². The van der Waals surface area contributed by atoms with E-state index in [1.54, 1.807) is 18.7 Å². The standard InChI is InChI=1S/C7H8N4O2S/c1-10-5-3(4(12)9-6(10)13)8-7(14)11(5)2/h1-2H3,(H,8,14)(H,9,12,13). The van der Waals surface area contributed by atoms with Crippen LogP contribution in [-0.2, 0) is 14.1 Å². The second-order valence-corrected chi connectivity index (χ2v) is 3.39. The van der Waals surface area contributed by atoms with Crippen molar-refractivity contribution in [2.45, 2.75) is 0 Å². The minimum Gasteiger partial charge on any atom is -0.325 e. The number of aryl methyl sites for hydroxylation is 2. The summed E-state index contributed by atoms with van der Waals surface area (Å²) in [4.78, 5) is 27.5. The van der Waals surface area contributed by atoms with E-state index in [0.29, 0.717) is 15.9 Å². The van der Waals surface area contributed by atoms with Crippen molar-refractivity contribution in [3.63, 3.8) is 0 Å². The van der Waals surface area contributed by atoms with Gasteiger partial charge in [0.05, 0.1) is 0 Å². The molecule has 0 saturated heterocycles. The Hall–Kier alpha value is -1.63. The van der Waals surface area contributed by atoms with Crippen molar-refractivity contribution >= 4 is 23.4 Å². The molecule has 0 radical (unpaired) electrons. The first-order valence-corrected chi connectivity index (χ1v) is 4.31. The van der Waals surface area contributed by atoms with Crippen molar-refractivity contribution in [1.82, 2.24) is 19.1 Å². The van der Waals surface area contributed by atoms with E-state index in [4.69, 9.17) is 12.2 Å². The van der Waals surface area contributed by atoms with Crippen LogP contribution in [0.1, 0.15) is 0 Å². The molecule has 0 atom stereocenters. The highest BCUT2D eigenvalue weighted by atomic mass is 32.1. The molecule has 0 aliphatic carbocycles. The van der Waals surface area contributed by atoms with Gasteiger partial charge in [-0.1, -0.05) is 0 Å². The van der Waals surface area contributed by atoms with Gasteiger partial charge in [0.1, 0.15) is 11.2 Å². The summed E-state index contributed by atoms with van der Waals surface area (Å²) in [6.07, 6.45) is 0. The molecule has 74 valence electrons. The maximum absolute atomic E-state index is 11.4. The topological polar surface area (TPSA) is 75.6 Å². The molecule has 2 heterocycles. The van der Waals surface area contributed by atoms with E-state index in [1.807, 2.05) is 0 Å². The van der Waals surface area contributed by atoms with Crippen LogP contribution in [0.15, 0.2) is 9.59 Å². The Morgan fingerprint density at radius 1 is 1.14 bits per heavy atom. The first-order chi connectivity index (χ1) is 6.52. The highest BCUT2D eigenvalue weighted by molar-refractivity contribution is 7.71. The third-order valence-corrected chi connectivity index (χ3v) is 2.52. The van der Waals surface area contributed by atoms with Gasteiger partial charge in [-0.2, -0.15) is 0 Å². The predicted molar refractivity (Wildman–Crippen MR) is 54.0 cm³/mol. The number of aromatic amines is 2. The van der Waals surface area contributed by atoms with Gasteiger partial charge in [0.15, 0.2) is 4.77 Å². The van der Waals surface area contributed by atoms with Crippen LogP contribution in [0.3, 0.4) is 0 Å². The number of hydrogen-bond acceptors (Lipinski definition) is 3. The van der Waals surface area contributed by atoms with E-state index in [9.17, 15) is 9.59 Å². The summed E-state index contributed by atoms with van der Waals surface area (Å²) in [5.74, 6) is 0. The second-order valence-electron chi connectivity index (χ2n) is 3.01. The second kappa shape index (κ2) is 2.68. The molecule has 0 aliphatic heterocycles. The summed E-state index contributed by atoms with van der Waals surface area (Å²) in [6.45, 7) is 0. The highest BCUT2D eigenvalue weighted by Gasteiger charge is 2.09. The molecule has 0 bridgehead atoms. The molecule has 2 rings (SSSR count). The lowest BCUT2D eigenvalue weighted by atomic mass is 10.5. The van der Waals surface area contributed by atoms with Crippen molar-refractivity contribution in [3.8, 4) is 0 Å². The van der Waals surface area contributed by atoms with E-state index in [0.717, 1.165) is 0 Å². The zero-order valence-corrected chi connectivity index (χ0v) is 8.44. The molecule has 0 aliphatic rings. The fraction of sp³-hybridized carbons (Fsp3) is 0.286. The largest absolute Gasteiger partial charge is 0.329 e. The molecule has 0 spiro atoms. The summed E-state index contributed by atoms with van der Waals surface area (Å²) in [6, 6.07) is 0.